The van der Waals surface area contributed by atoms with Crippen LogP contribution in [-0.4, -0.2) is 11.7 Å². The van der Waals surface area contributed by atoms with Gasteiger partial charge in [0.2, 0.25) is 0 Å². The molecule has 3 N–H and O–H groups in total. The number of allylic oxidation sites excluding steroid dienone is 2. The largest absolute Gasteiger partial charge is 0.379 e. The lowest BCUT2D eigenvalue weighted by molar-refractivity contribution is -0.115. The van der Waals surface area contributed by atoms with Crippen molar-refractivity contribution < 1.29 is 4.79 Å². The molecule has 0 aliphatic heterocycles. The van der Waals surface area contributed by atoms with Gasteiger partial charge in [-0.05, 0) is 53.1 Å². The summed E-state index contributed by atoms with van der Waals surface area (Å²) in [5.74, 6) is 0.0740. The van der Waals surface area contributed by atoms with Crippen molar-refractivity contribution >= 4 is 23.5 Å². The molecule has 0 saturated carbocycles. The molecule has 5 heteroatoms. The summed E-state index contributed by atoms with van der Waals surface area (Å²) in [6, 6.07) is 16.5. The van der Waals surface area contributed by atoms with Crippen molar-refractivity contribution in [2.75, 3.05) is 0 Å². The quantitative estimate of drug-likeness (QED) is 0.390. The number of carbonyl (C=O) groups excluding carboxylic acids is 1. The average Bonchev–Trinajstić information content (AvgIpc) is 2.66. The zero-order valence-corrected chi connectivity index (χ0v) is 17.4. The number of hydrogen-bond donors (Lipinski definition) is 2. The summed E-state index contributed by atoms with van der Waals surface area (Å²) < 4.78 is 0. The smallest absolute Gasteiger partial charge is 0.286 e. The van der Waals surface area contributed by atoms with E-state index in [2.05, 4.69) is 78.6 Å². The molecule has 2 aromatic carbocycles. The van der Waals surface area contributed by atoms with Gasteiger partial charge in [-0.25, -0.2) is 4.99 Å². The van der Waals surface area contributed by atoms with E-state index in [0.717, 1.165) is 16.7 Å². The highest BCUT2D eigenvalue weighted by Crippen LogP contribution is 2.25. The number of nitrogens with two attached hydrogens (primary N) is 1. The zero-order chi connectivity index (χ0) is 20.5. The third-order valence-electron chi connectivity index (χ3n) is 3.78. The number of carbonyl (C=O) groups is 1. The van der Waals surface area contributed by atoms with E-state index in [-0.39, 0.29) is 5.84 Å². The predicted octanol–water partition coefficient (Wildman–Crippen LogP) is 5.12. The third kappa shape index (κ3) is 7.08. The van der Waals surface area contributed by atoms with Gasteiger partial charge in [-0.15, -0.1) is 0 Å². The highest BCUT2D eigenvalue weighted by atomic mass is 32.2. The monoisotopic (exact) mass is 393 g/mol. The van der Waals surface area contributed by atoms with Crippen molar-refractivity contribution in [1.29, 1.82) is 0 Å². The Morgan fingerprint density at radius 1 is 1.21 bits per heavy atom. The summed E-state index contributed by atoms with van der Waals surface area (Å²) in [6.07, 6.45) is 2.18. The topological polar surface area (TPSA) is 67.5 Å². The Labute approximate surface area is 171 Å². The Hall–Kier alpha value is -2.79. The standard InChI is InChI=1S/C23H27N3OS/c1-16(2)12-13-28-21-10-8-19(9-11-21)20-7-5-6-18(14-20)15-25-23(27)22(24)26-17(3)4/h5-14,16H,3,15H2,1-2,4H3,(H2,24,26)(H,25,27)/b13-12+. The molecule has 4 nitrogen and oxygen atoms in total. The van der Waals surface area contributed by atoms with Crippen molar-refractivity contribution in [2.45, 2.75) is 32.2 Å². The van der Waals surface area contributed by atoms with E-state index in [9.17, 15) is 4.79 Å². The van der Waals surface area contributed by atoms with Crippen molar-refractivity contribution in [3.63, 3.8) is 0 Å². The lowest BCUT2D eigenvalue weighted by Crippen LogP contribution is -2.35. The molecule has 0 aromatic heterocycles. The van der Waals surface area contributed by atoms with Gasteiger partial charge in [0.25, 0.3) is 5.91 Å². The maximum absolute atomic E-state index is 12.0. The van der Waals surface area contributed by atoms with Gasteiger partial charge >= 0.3 is 0 Å². The van der Waals surface area contributed by atoms with E-state index in [1.54, 1.807) is 18.7 Å². The summed E-state index contributed by atoms with van der Waals surface area (Å²) >= 11 is 1.72. The fourth-order valence-corrected chi connectivity index (χ4v) is 3.23. The maximum Gasteiger partial charge on any atom is 0.286 e. The lowest BCUT2D eigenvalue weighted by atomic mass is 10.0. The minimum atomic E-state index is -0.399. The molecule has 1 amide bonds. The maximum atomic E-state index is 12.0. The Kier molecular flexibility index (Phi) is 8.08. The van der Waals surface area contributed by atoms with Crippen LogP contribution in [0.15, 0.2) is 82.2 Å². The Bertz CT molecular complexity index is 883. The number of nitrogens with one attached hydrogen (secondary N) is 1. The lowest BCUT2D eigenvalue weighted by Gasteiger charge is -2.08. The van der Waals surface area contributed by atoms with Gasteiger partial charge in [-0.3, -0.25) is 4.79 Å². The Balaban J connectivity index is 2.02. The first-order chi connectivity index (χ1) is 13.3. The van der Waals surface area contributed by atoms with Crippen molar-refractivity contribution in [1.82, 2.24) is 5.32 Å². The molecule has 28 heavy (non-hydrogen) atoms. The number of hydrogen-bond acceptors (Lipinski definition) is 3. The second-order valence-electron chi connectivity index (χ2n) is 6.83. The van der Waals surface area contributed by atoms with Crippen LogP contribution in [0.3, 0.4) is 0 Å². The summed E-state index contributed by atoms with van der Waals surface area (Å²) in [4.78, 5) is 17.0. The van der Waals surface area contributed by atoms with Crippen LogP contribution in [0.5, 0.6) is 0 Å². The van der Waals surface area contributed by atoms with Crippen LogP contribution in [0, 0.1) is 5.92 Å². The molecule has 0 aliphatic carbocycles. The highest BCUT2D eigenvalue weighted by molar-refractivity contribution is 8.02. The normalized spacial score (nSPS) is 11.8. The molecule has 0 heterocycles. The van der Waals surface area contributed by atoms with Gasteiger partial charge in [-0.2, -0.15) is 0 Å². The number of aliphatic imine (C=N–C) groups is 1. The molecule has 0 atom stereocenters. The van der Waals surface area contributed by atoms with Crippen molar-refractivity contribution in [3.05, 3.63) is 77.9 Å². The first-order valence-corrected chi connectivity index (χ1v) is 10.0. The molecular weight excluding hydrogens is 366 g/mol. The van der Waals surface area contributed by atoms with E-state index >= 15 is 0 Å². The second-order valence-corrected chi connectivity index (χ2v) is 7.81. The summed E-state index contributed by atoms with van der Waals surface area (Å²) in [5.41, 5.74) is 9.36. The van der Waals surface area contributed by atoms with E-state index in [1.807, 2.05) is 12.1 Å². The van der Waals surface area contributed by atoms with E-state index in [4.69, 9.17) is 5.73 Å². The third-order valence-corrected chi connectivity index (χ3v) is 4.62. The first kappa shape index (κ1) is 21.5. The second kappa shape index (κ2) is 10.5. The fraction of sp³-hybridized carbons (Fsp3) is 0.217. The first-order valence-electron chi connectivity index (χ1n) is 9.15. The molecule has 2 aromatic rings. The predicted molar refractivity (Wildman–Crippen MR) is 120 cm³/mol. The van der Waals surface area contributed by atoms with Gasteiger partial charge in [0.05, 0.1) is 0 Å². The van der Waals surface area contributed by atoms with Crippen LogP contribution in [0.25, 0.3) is 11.1 Å². The number of amidine groups is 1. The average molecular weight is 394 g/mol. The molecular formula is C23H27N3OS. The van der Waals surface area contributed by atoms with Crippen LogP contribution in [0.1, 0.15) is 26.3 Å². The van der Waals surface area contributed by atoms with Crippen molar-refractivity contribution in [3.8, 4) is 11.1 Å². The van der Waals surface area contributed by atoms with E-state index < -0.39 is 5.91 Å². The SMILES string of the molecule is C=C(C)N=C(N)C(=O)NCc1cccc(-c2ccc(S/C=C/C(C)C)cc2)c1. The van der Waals surface area contributed by atoms with Crippen LogP contribution in [-0.2, 0) is 11.3 Å². The van der Waals surface area contributed by atoms with E-state index in [1.165, 1.54) is 4.90 Å². The summed E-state index contributed by atoms with van der Waals surface area (Å²) in [5, 5.41) is 4.91. The fourth-order valence-electron chi connectivity index (χ4n) is 2.39. The number of benzene rings is 2. The molecule has 0 fully saturated rings. The minimum Gasteiger partial charge on any atom is -0.379 e. The molecule has 2 rings (SSSR count). The molecule has 0 aliphatic rings. The highest BCUT2D eigenvalue weighted by Gasteiger charge is 2.07. The number of rotatable bonds is 7. The molecule has 0 radical (unpaired) electrons. The Morgan fingerprint density at radius 3 is 2.57 bits per heavy atom. The molecule has 0 bridgehead atoms. The molecule has 0 unspecified atom stereocenters. The van der Waals surface area contributed by atoms with Crippen LogP contribution in [0.2, 0.25) is 0 Å². The van der Waals surface area contributed by atoms with Gasteiger partial charge in [0.15, 0.2) is 5.84 Å². The van der Waals surface area contributed by atoms with Gasteiger partial charge in [0, 0.05) is 17.1 Å². The number of amides is 1. The van der Waals surface area contributed by atoms with Crippen molar-refractivity contribution in [2.24, 2.45) is 16.6 Å². The van der Waals surface area contributed by atoms with E-state index in [0.29, 0.717) is 18.2 Å². The minimum absolute atomic E-state index is 0.0803. The number of nitrogens with zero attached hydrogens (tertiary/aromatic N) is 1. The molecule has 0 saturated heterocycles. The van der Waals surface area contributed by atoms with Gasteiger partial charge < -0.3 is 11.1 Å². The van der Waals surface area contributed by atoms with Crippen LogP contribution >= 0.6 is 11.8 Å². The summed E-state index contributed by atoms with van der Waals surface area (Å²) in [7, 11) is 0. The molecule has 146 valence electrons. The zero-order valence-electron chi connectivity index (χ0n) is 16.6. The summed E-state index contributed by atoms with van der Waals surface area (Å²) in [6.45, 7) is 10.0. The number of thioether (sulfide) groups is 1. The van der Waals surface area contributed by atoms with Crippen LogP contribution < -0.4 is 11.1 Å². The Morgan fingerprint density at radius 2 is 1.93 bits per heavy atom. The molecule has 0 spiro atoms. The van der Waals surface area contributed by atoms with Crippen LogP contribution in [0.4, 0.5) is 0 Å². The van der Waals surface area contributed by atoms with Gasteiger partial charge in [0.1, 0.15) is 0 Å². The van der Waals surface area contributed by atoms with Gasteiger partial charge in [-0.1, -0.05) is 68.6 Å².